The Morgan fingerprint density at radius 3 is 2.64 bits per heavy atom. The first-order chi connectivity index (χ1) is 17.3. The zero-order valence-corrected chi connectivity index (χ0v) is 22.1. The van der Waals surface area contributed by atoms with Crippen molar-refractivity contribution in [3.8, 4) is 5.75 Å². The minimum atomic E-state index is -3.45. The van der Waals surface area contributed by atoms with Crippen molar-refractivity contribution in [2.24, 2.45) is 0 Å². The van der Waals surface area contributed by atoms with Gasteiger partial charge < -0.3 is 19.5 Å². The minimum Gasteiger partial charge on any atom is -0.494 e. The van der Waals surface area contributed by atoms with E-state index in [9.17, 15) is 8.42 Å². The number of sulfonamides is 1. The number of hydrogen-bond acceptors (Lipinski definition) is 5. The smallest absolute Gasteiger partial charge is 0.229 e. The second-order valence-corrected chi connectivity index (χ2v) is 11.6. The van der Waals surface area contributed by atoms with E-state index in [0.717, 1.165) is 23.2 Å². The molecule has 1 aliphatic heterocycles. The van der Waals surface area contributed by atoms with Crippen LogP contribution in [0, 0.1) is 0 Å². The molecule has 3 aromatic rings. The zero-order valence-electron chi connectivity index (χ0n) is 20.4. The van der Waals surface area contributed by atoms with Gasteiger partial charge in [-0.15, -0.1) is 0 Å². The quantitative estimate of drug-likeness (QED) is 0.422. The summed E-state index contributed by atoms with van der Waals surface area (Å²) >= 11 is 5.84. The van der Waals surface area contributed by atoms with Gasteiger partial charge in [0, 0.05) is 36.4 Å². The van der Waals surface area contributed by atoms with Crippen LogP contribution in [0.4, 0.5) is 11.4 Å². The van der Waals surface area contributed by atoms with Gasteiger partial charge in [0.2, 0.25) is 10.0 Å². The van der Waals surface area contributed by atoms with Gasteiger partial charge in [-0.3, -0.25) is 9.71 Å². The fourth-order valence-electron chi connectivity index (χ4n) is 5.30. The van der Waals surface area contributed by atoms with Gasteiger partial charge in [0.05, 0.1) is 36.8 Å². The molecule has 2 aliphatic rings. The number of ether oxygens (including phenoxy) is 1. The summed E-state index contributed by atoms with van der Waals surface area (Å²) < 4.78 is 34.0. The second-order valence-electron chi connectivity index (χ2n) is 9.44. The van der Waals surface area contributed by atoms with Crippen molar-refractivity contribution in [2.45, 2.75) is 50.2 Å². The highest BCUT2D eigenvalue weighted by atomic mass is 32.2. The first-order valence-electron chi connectivity index (χ1n) is 12.2. The Labute approximate surface area is 217 Å². The van der Waals surface area contributed by atoms with E-state index in [4.69, 9.17) is 17.0 Å². The molecule has 2 N–H and O–H groups in total. The Morgan fingerprint density at radius 2 is 1.94 bits per heavy atom. The highest BCUT2D eigenvalue weighted by Crippen LogP contribution is 2.44. The number of thiocarbonyl (C=S) groups is 1. The van der Waals surface area contributed by atoms with Crippen molar-refractivity contribution < 1.29 is 13.2 Å². The summed E-state index contributed by atoms with van der Waals surface area (Å²) in [7, 11) is -1.93. The molecule has 3 heterocycles. The fourth-order valence-corrected chi connectivity index (χ4v) is 6.21. The van der Waals surface area contributed by atoms with Crippen molar-refractivity contribution in [3.63, 3.8) is 0 Å². The number of nitrogens with one attached hydrogen (secondary N) is 2. The van der Waals surface area contributed by atoms with Crippen LogP contribution in [-0.2, 0) is 10.0 Å². The lowest BCUT2D eigenvalue weighted by Crippen LogP contribution is -2.29. The predicted octanol–water partition coefficient (Wildman–Crippen LogP) is 4.95. The molecule has 10 heteroatoms. The molecule has 0 unspecified atom stereocenters. The Bertz CT molecular complexity index is 1340. The van der Waals surface area contributed by atoms with E-state index < -0.39 is 10.0 Å². The minimum absolute atomic E-state index is 0.143. The number of hydrogen-bond donors (Lipinski definition) is 2. The van der Waals surface area contributed by atoms with Crippen molar-refractivity contribution in [3.05, 3.63) is 72.3 Å². The van der Waals surface area contributed by atoms with Gasteiger partial charge in [0.25, 0.3) is 0 Å². The Morgan fingerprint density at radius 1 is 1.14 bits per heavy atom. The normalized spacial score (nSPS) is 20.8. The third-order valence-corrected chi connectivity index (χ3v) is 7.84. The van der Waals surface area contributed by atoms with E-state index in [2.05, 4.69) is 42.9 Å². The van der Waals surface area contributed by atoms with E-state index in [0.29, 0.717) is 22.6 Å². The van der Waals surface area contributed by atoms with Gasteiger partial charge in [-0.1, -0.05) is 25.3 Å². The number of benzene rings is 1. The van der Waals surface area contributed by atoms with Gasteiger partial charge in [-0.25, -0.2) is 8.42 Å². The van der Waals surface area contributed by atoms with Crippen LogP contribution in [0.5, 0.6) is 5.75 Å². The van der Waals surface area contributed by atoms with Crippen LogP contribution in [0.25, 0.3) is 0 Å². The predicted molar refractivity (Wildman–Crippen MR) is 146 cm³/mol. The van der Waals surface area contributed by atoms with Crippen LogP contribution < -0.4 is 19.7 Å². The van der Waals surface area contributed by atoms with E-state index in [-0.39, 0.29) is 12.1 Å². The summed E-state index contributed by atoms with van der Waals surface area (Å²) in [4.78, 5) is 6.70. The maximum atomic E-state index is 11.8. The first-order valence-corrected chi connectivity index (χ1v) is 14.5. The average molecular weight is 526 g/mol. The van der Waals surface area contributed by atoms with E-state index >= 15 is 0 Å². The molecule has 1 aliphatic carbocycles. The Balaban J connectivity index is 1.55. The third-order valence-electron chi connectivity index (χ3n) is 6.93. The van der Waals surface area contributed by atoms with Gasteiger partial charge >= 0.3 is 0 Å². The van der Waals surface area contributed by atoms with Gasteiger partial charge in [0.1, 0.15) is 5.75 Å². The highest BCUT2D eigenvalue weighted by molar-refractivity contribution is 7.92. The summed E-state index contributed by atoms with van der Waals surface area (Å²) in [6, 6.07) is 13.7. The molecule has 2 aromatic heterocycles. The molecule has 2 fully saturated rings. The number of rotatable bonds is 7. The summed E-state index contributed by atoms with van der Waals surface area (Å²) in [6.07, 6.45) is 13.6. The molecule has 2 atom stereocenters. The van der Waals surface area contributed by atoms with Crippen LogP contribution in [0.2, 0.25) is 0 Å². The standard InChI is InChI=1S/C26H31N5O3S2/c1-34-23-16-20(11-12-21(23)29-36(2,32)33)31-25(24(28-26(31)35)22-10-6-7-14-27-22)18-13-15-30(17-18)19-8-4-3-5-9-19/h6-7,10-17,19,24-25,29H,3-5,8-9H2,1-2H3,(H,28,35)/t24-,25-/m0/s1. The van der Waals surface area contributed by atoms with E-state index in [1.165, 1.54) is 39.2 Å². The zero-order chi connectivity index (χ0) is 25.3. The van der Waals surface area contributed by atoms with Crippen molar-refractivity contribution >= 4 is 38.7 Å². The van der Waals surface area contributed by atoms with Crippen molar-refractivity contribution in [1.29, 1.82) is 0 Å². The van der Waals surface area contributed by atoms with Crippen molar-refractivity contribution in [2.75, 3.05) is 23.0 Å². The maximum Gasteiger partial charge on any atom is 0.229 e. The van der Waals surface area contributed by atoms with Gasteiger partial charge in [0.15, 0.2) is 5.11 Å². The molecule has 1 saturated carbocycles. The second kappa shape index (κ2) is 10.1. The SMILES string of the molecule is COc1cc(N2C(=S)N[C@@H](c3ccccn3)[C@@H]2c2ccn(C3CCCCC3)c2)ccc1NS(C)(=O)=O. The lowest BCUT2D eigenvalue weighted by molar-refractivity contribution is 0.353. The van der Waals surface area contributed by atoms with E-state index in [1.807, 2.05) is 30.3 Å². The molecular formula is C26H31N5O3S2. The lowest BCUT2D eigenvalue weighted by atomic mass is 9.95. The molecule has 1 aromatic carbocycles. The Kier molecular flexibility index (Phi) is 6.90. The number of nitrogens with zero attached hydrogens (tertiary/aromatic N) is 3. The summed E-state index contributed by atoms with van der Waals surface area (Å²) in [5, 5.41) is 4.06. The van der Waals surface area contributed by atoms with Crippen LogP contribution in [0.15, 0.2) is 61.1 Å². The Hall–Kier alpha value is -3.11. The van der Waals surface area contributed by atoms with Crippen LogP contribution in [0.1, 0.15) is 61.5 Å². The largest absolute Gasteiger partial charge is 0.494 e. The molecule has 0 bridgehead atoms. The number of pyridine rings is 1. The molecule has 8 nitrogen and oxygen atoms in total. The monoisotopic (exact) mass is 525 g/mol. The molecule has 0 spiro atoms. The molecule has 190 valence electrons. The molecule has 5 rings (SSSR count). The average Bonchev–Trinajstić information content (AvgIpc) is 3.49. The van der Waals surface area contributed by atoms with E-state index in [1.54, 1.807) is 12.3 Å². The first kappa shape index (κ1) is 24.6. The lowest BCUT2D eigenvalue weighted by Gasteiger charge is -2.28. The molecular weight excluding hydrogens is 494 g/mol. The molecule has 0 radical (unpaired) electrons. The number of methoxy groups -OCH3 is 1. The fraction of sp³-hybridized carbons (Fsp3) is 0.385. The summed E-state index contributed by atoms with van der Waals surface area (Å²) in [5.74, 6) is 0.417. The van der Waals surface area contributed by atoms with Crippen LogP contribution in [-0.4, -0.2) is 36.4 Å². The molecule has 36 heavy (non-hydrogen) atoms. The van der Waals surface area contributed by atoms with Gasteiger partial charge in [-0.2, -0.15) is 0 Å². The topological polar surface area (TPSA) is 88.5 Å². The van der Waals surface area contributed by atoms with Crippen molar-refractivity contribution in [1.82, 2.24) is 14.9 Å². The van der Waals surface area contributed by atoms with Gasteiger partial charge in [-0.05, 0) is 61.0 Å². The molecule has 1 saturated heterocycles. The van der Waals surface area contributed by atoms with Crippen LogP contribution in [0.3, 0.4) is 0 Å². The number of aromatic nitrogens is 2. The highest BCUT2D eigenvalue weighted by Gasteiger charge is 2.41. The summed E-state index contributed by atoms with van der Waals surface area (Å²) in [5.41, 5.74) is 3.22. The third kappa shape index (κ3) is 5.05. The maximum absolute atomic E-state index is 11.8. The number of anilines is 2. The van der Waals surface area contributed by atoms with Crippen LogP contribution >= 0.6 is 12.2 Å². The summed E-state index contributed by atoms with van der Waals surface area (Å²) in [6.45, 7) is 0. The molecule has 0 amide bonds.